The average molecular weight is 485 g/mol. The van der Waals surface area contributed by atoms with Gasteiger partial charge in [0.05, 0.1) is 21.1 Å². The van der Waals surface area contributed by atoms with Crippen LogP contribution >= 0.6 is 23.5 Å². The molecule has 4 aliphatic heterocycles. The van der Waals surface area contributed by atoms with Crippen LogP contribution in [-0.2, 0) is 9.59 Å². The molecule has 4 heterocycles. The Labute approximate surface area is 199 Å². The Morgan fingerprint density at radius 1 is 0.939 bits per heavy atom. The third-order valence-corrected chi connectivity index (χ3v) is 11.2. The van der Waals surface area contributed by atoms with E-state index in [0.29, 0.717) is 29.7 Å². The normalized spacial score (nSPS) is 35.2. The summed E-state index contributed by atoms with van der Waals surface area (Å²) in [5.74, 6) is 0.595. The van der Waals surface area contributed by atoms with E-state index in [-0.39, 0.29) is 38.9 Å². The summed E-state index contributed by atoms with van der Waals surface area (Å²) in [6.45, 7) is 0. The molecule has 2 atom stereocenters. The average Bonchev–Trinajstić information content (AvgIpc) is 3.07. The molecule has 33 heavy (non-hydrogen) atoms. The van der Waals surface area contributed by atoms with Crippen molar-refractivity contribution in [1.82, 2.24) is 10.6 Å². The predicted octanol–water partition coefficient (Wildman–Crippen LogP) is 3.28. The van der Waals surface area contributed by atoms with E-state index in [1.54, 1.807) is 12.1 Å². The van der Waals surface area contributed by atoms with Gasteiger partial charge >= 0.3 is 0 Å². The highest BCUT2D eigenvalue weighted by atomic mass is 32.2. The van der Waals surface area contributed by atoms with Crippen LogP contribution in [0.4, 0.5) is 0 Å². The molecule has 6 rings (SSSR count). The van der Waals surface area contributed by atoms with E-state index in [9.17, 15) is 19.2 Å². The Kier molecular flexibility index (Phi) is 4.92. The van der Waals surface area contributed by atoms with Crippen LogP contribution in [0.5, 0.6) is 5.75 Å². The molecule has 0 aromatic heterocycles. The summed E-state index contributed by atoms with van der Waals surface area (Å²) in [5, 5.41) is 5.11. The molecule has 2 saturated heterocycles. The molecule has 2 unspecified atom stereocenters. The molecule has 1 aromatic rings. The van der Waals surface area contributed by atoms with Crippen molar-refractivity contribution in [3.8, 4) is 5.75 Å². The Morgan fingerprint density at radius 2 is 1.70 bits per heavy atom. The Hall–Kier alpha value is -2.26. The molecule has 5 aliphatic rings. The maximum Gasteiger partial charge on any atom is 0.259 e. The van der Waals surface area contributed by atoms with E-state index in [1.165, 1.54) is 0 Å². The van der Waals surface area contributed by atoms with Crippen LogP contribution in [0.2, 0.25) is 0 Å². The van der Waals surface area contributed by atoms with Gasteiger partial charge in [-0.2, -0.15) is 0 Å². The molecule has 172 valence electrons. The molecular formula is C24H24N2O5S2. The lowest BCUT2D eigenvalue weighted by molar-refractivity contribution is -0.136. The lowest BCUT2D eigenvalue weighted by atomic mass is 9.82. The highest BCUT2D eigenvalue weighted by molar-refractivity contribution is 8.19. The van der Waals surface area contributed by atoms with Crippen LogP contribution in [-0.4, -0.2) is 44.3 Å². The Bertz CT molecular complexity index is 1120. The van der Waals surface area contributed by atoms with Crippen molar-refractivity contribution >= 4 is 53.2 Å². The van der Waals surface area contributed by atoms with Crippen molar-refractivity contribution in [3.05, 3.63) is 34.9 Å². The molecule has 1 aromatic carbocycles. The highest BCUT2D eigenvalue weighted by Gasteiger charge is 2.49. The van der Waals surface area contributed by atoms with Gasteiger partial charge in [0.2, 0.25) is 11.8 Å². The third kappa shape index (κ3) is 3.60. The fourth-order valence-electron chi connectivity index (χ4n) is 5.59. The summed E-state index contributed by atoms with van der Waals surface area (Å²) in [5.41, 5.74) is 1.19. The molecule has 2 spiro atoms. The van der Waals surface area contributed by atoms with Gasteiger partial charge in [-0.05, 0) is 62.5 Å². The number of thioether (sulfide) groups is 2. The number of carbonyl (C=O) groups excluding carboxylic acids is 4. The van der Waals surface area contributed by atoms with E-state index in [0.717, 1.165) is 43.4 Å². The standard InChI is InChI=1S/C24H24N2O5S2/c27-19-2-1-14(20(28)25-19)18-4-10-32-24(33-18)8-6-23(7-9-24)5-3-13-11-15-16(12-17(13)31-23)22(30)26-21(15)29/h3,5,11-12,14,18H,1-2,4,6-10H2,(H,25,27,28)(H,26,29,30). The molecule has 3 fully saturated rings. The number of carbonyl (C=O) groups is 4. The summed E-state index contributed by atoms with van der Waals surface area (Å²) in [4.78, 5) is 48.0. The van der Waals surface area contributed by atoms with Crippen molar-refractivity contribution in [2.45, 2.75) is 59.9 Å². The second-order valence-electron chi connectivity index (χ2n) is 9.48. The highest BCUT2D eigenvalue weighted by Crippen LogP contribution is 2.58. The monoisotopic (exact) mass is 484 g/mol. The van der Waals surface area contributed by atoms with E-state index in [4.69, 9.17) is 4.74 Å². The summed E-state index contributed by atoms with van der Waals surface area (Å²) >= 11 is 3.94. The van der Waals surface area contributed by atoms with Gasteiger partial charge in [0.15, 0.2) is 0 Å². The third-order valence-electron chi connectivity index (χ3n) is 7.47. The molecule has 7 nitrogen and oxygen atoms in total. The zero-order valence-corrected chi connectivity index (χ0v) is 19.6. The van der Waals surface area contributed by atoms with E-state index >= 15 is 0 Å². The fourth-order valence-corrected chi connectivity index (χ4v) is 9.52. The quantitative estimate of drug-likeness (QED) is 0.590. The number of nitrogens with one attached hydrogen (secondary N) is 2. The van der Waals surface area contributed by atoms with Gasteiger partial charge in [-0.1, -0.05) is 6.08 Å². The number of fused-ring (bicyclic) bond motifs is 2. The second-order valence-corrected chi connectivity index (χ2v) is 12.8. The Balaban J connectivity index is 1.17. The van der Waals surface area contributed by atoms with Crippen LogP contribution < -0.4 is 15.4 Å². The van der Waals surface area contributed by atoms with Gasteiger partial charge in [-0.25, -0.2) is 0 Å². The van der Waals surface area contributed by atoms with Gasteiger partial charge in [0.25, 0.3) is 11.8 Å². The number of hydrogen-bond donors (Lipinski definition) is 2. The topological polar surface area (TPSA) is 102 Å². The first-order valence-corrected chi connectivity index (χ1v) is 13.3. The van der Waals surface area contributed by atoms with Crippen LogP contribution in [0.15, 0.2) is 18.2 Å². The lowest BCUT2D eigenvalue weighted by Gasteiger charge is -2.49. The minimum atomic E-state index is -0.408. The van der Waals surface area contributed by atoms with Crippen LogP contribution in [0.25, 0.3) is 6.08 Å². The fraction of sp³-hybridized carbons (Fsp3) is 0.500. The van der Waals surface area contributed by atoms with Crippen LogP contribution in [0, 0.1) is 5.92 Å². The zero-order valence-electron chi connectivity index (χ0n) is 18.0. The maximum absolute atomic E-state index is 12.4. The number of imide groups is 2. The SMILES string of the molecule is O=C1CCC(C2CCSC3(CCC4(C=Cc5cc6c(cc5O4)C(=O)NC6=O)CC3)S2)C(=O)N1. The molecule has 2 N–H and O–H groups in total. The molecule has 1 saturated carbocycles. The van der Waals surface area contributed by atoms with Crippen molar-refractivity contribution < 1.29 is 23.9 Å². The van der Waals surface area contributed by atoms with E-state index in [2.05, 4.69) is 16.7 Å². The second kappa shape index (κ2) is 7.63. The first-order valence-electron chi connectivity index (χ1n) is 11.4. The van der Waals surface area contributed by atoms with Gasteiger partial charge in [0.1, 0.15) is 11.4 Å². The molecule has 0 radical (unpaired) electrons. The van der Waals surface area contributed by atoms with Crippen molar-refractivity contribution in [3.63, 3.8) is 0 Å². The Morgan fingerprint density at radius 3 is 2.45 bits per heavy atom. The smallest absolute Gasteiger partial charge is 0.259 e. The maximum atomic E-state index is 12.4. The van der Waals surface area contributed by atoms with Crippen LogP contribution in [0.3, 0.4) is 0 Å². The molecular weight excluding hydrogens is 460 g/mol. The summed E-state index contributed by atoms with van der Waals surface area (Å²) in [6.07, 6.45) is 9.84. The molecule has 9 heteroatoms. The molecule has 0 bridgehead atoms. The minimum Gasteiger partial charge on any atom is -0.483 e. The van der Waals surface area contributed by atoms with E-state index < -0.39 is 5.60 Å². The van der Waals surface area contributed by atoms with Gasteiger partial charge in [-0.15, -0.1) is 23.5 Å². The summed E-state index contributed by atoms with van der Waals surface area (Å²) in [6, 6.07) is 3.43. The van der Waals surface area contributed by atoms with E-state index in [1.807, 2.05) is 29.6 Å². The number of hydrogen-bond acceptors (Lipinski definition) is 7. The summed E-state index contributed by atoms with van der Waals surface area (Å²) < 4.78 is 6.54. The number of rotatable bonds is 1. The molecule has 1 aliphatic carbocycles. The number of amides is 4. The minimum absolute atomic E-state index is 0.0671. The van der Waals surface area contributed by atoms with Crippen LogP contribution in [0.1, 0.15) is 71.2 Å². The number of ether oxygens (including phenoxy) is 1. The largest absolute Gasteiger partial charge is 0.483 e. The number of piperidine rings is 1. The van der Waals surface area contributed by atoms with Crippen molar-refractivity contribution in [2.75, 3.05) is 5.75 Å². The summed E-state index contributed by atoms with van der Waals surface area (Å²) in [7, 11) is 0. The molecule has 4 amide bonds. The predicted molar refractivity (Wildman–Crippen MR) is 126 cm³/mol. The zero-order chi connectivity index (χ0) is 22.8. The lowest BCUT2D eigenvalue weighted by Crippen LogP contribution is -2.49. The first-order chi connectivity index (χ1) is 15.9. The van der Waals surface area contributed by atoms with Crippen molar-refractivity contribution in [1.29, 1.82) is 0 Å². The van der Waals surface area contributed by atoms with Gasteiger partial charge in [-0.3, -0.25) is 29.8 Å². The van der Waals surface area contributed by atoms with Crippen molar-refractivity contribution in [2.24, 2.45) is 5.92 Å². The number of benzene rings is 1. The van der Waals surface area contributed by atoms with Gasteiger partial charge in [0, 0.05) is 17.2 Å². The first kappa shape index (κ1) is 21.3. The van der Waals surface area contributed by atoms with Gasteiger partial charge < -0.3 is 4.74 Å².